The highest BCUT2D eigenvalue weighted by Gasteiger charge is 2.27. The molecule has 12 heteroatoms. The highest BCUT2D eigenvalue weighted by Crippen LogP contribution is 2.34. The first-order chi connectivity index (χ1) is 16.9. The van der Waals surface area contributed by atoms with Crippen LogP contribution in [0, 0.1) is 5.92 Å². The Kier molecular flexibility index (Phi) is 6.65. The van der Waals surface area contributed by atoms with Crippen molar-refractivity contribution in [2.45, 2.75) is 51.2 Å². The van der Waals surface area contributed by atoms with E-state index >= 15 is 0 Å². The number of amides is 1. The number of fused-ring (bicyclic) bond motifs is 1. The van der Waals surface area contributed by atoms with E-state index in [4.69, 9.17) is 4.74 Å². The van der Waals surface area contributed by atoms with Gasteiger partial charge in [0.25, 0.3) is 12.3 Å². The highest BCUT2D eigenvalue weighted by atomic mass is 19.3. The van der Waals surface area contributed by atoms with Crippen molar-refractivity contribution in [3.63, 3.8) is 0 Å². The number of hydrogen-bond donors (Lipinski definition) is 2. The largest absolute Gasteiger partial charge is 0.396 e. The summed E-state index contributed by atoms with van der Waals surface area (Å²) in [5, 5.41) is 20.2. The van der Waals surface area contributed by atoms with E-state index in [9.17, 15) is 18.7 Å². The molecule has 10 nitrogen and oxygen atoms in total. The minimum absolute atomic E-state index is 0.0215. The minimum atomic E-state index is -2.84. The molecule has 1 saturated carbocycles. The summed E-state index contributed by atoms with van der Waals surface area (Å²) >= 11 is 0. The monoisotopic (exact) mass is 489 g/mol. The van der Waals surface area contributed by atoms with Crippen molar-refractivity contribution in [3.8, 4) is 0 Å². The quantitative estimate of drug-likeness (QED) is 0.548. The van der Waals surface area contributed by atoms with Gasteiger partial charge in [-0.25, -0.2) is 18.3 Å². The molecule has 2 aliphatic rings. The van der Waals surface area contributed by atoms with Gasteiger partial charge >= 0.3 is 0 Å². The SMILES string of the molecule is C[C@@H]1CN(c2ccn3ncc(C(=O)Nc4cn([C@H]5CC[C@H](CO)CC5)nc4C(F)F)c3n2)CCO1. The average Bonchev–Trinajstić information content (AvgIpc) is 3.48. The van der Waals surface area contributed by atoms with Gasteiger partial charge in [0.2, 0.25) is 0 Å². The average molecular weight is 490 g/mol. The molecule has 5 rings (SSSR count). The summed E-state index contributed by atoms with van der Waals surface area (Å²) in [4.78, 5) is 19.8. The fourth-order valence-electron chi connectivity index (χ4n) is 4.85. The maximum absolute atomic E-state index is 13.8. The lowest BCUT2D eigenvalue weighted by Gasteiger charge is -2.31. The predicted octanol–water partition coefficient (Wildman–Crippen LogP) is 3.06. The van der Waals surface area contributed by atoms with Crippen LogP contribution in [0.4, 0.5) is 20.3 Å². The molecule has 0 aromatic carbocycles. The molecule has 1 aliphatic heterocycles. The molecule has 0 radical (unpaired) electrons. The third-order valence-electron chi connectivity index (χ3n) is 6.83. The lowest BCUT2D eigenvalue weighted by Crippen LogP contribution is -2.41. The van der Waals surface area contributed by atoms with Crippen molar-refractivity contribution >= 4 is 23.1 Å². The van der Waals surface area contributed by atoms with E-state index in [2.05, 4.69) is 25.4 Å². The van der Waals surface area contributed by atoms with Gasteiger partial charge in [-0.05, 0) is 44.6 Å². The fourth-order valence-corrected chi connectivity index (χ4v) is 4.85. The van der Waals surface area contributed by atoms with Crippen LogP contribution in [0.2, 0.25) is 0 Å². The molecule has 1 amide bonds. The zero-order valence-electron chi connectivity index (χ0n) is 19.5. The second kappa shape index (κ2) is 9.86. The van der Waals surface area contributed by atoms with Crippen molar-refractivity contribution in [1.82, 2.24) is 24.4 Å². The Hall–Kier alpha value is -3.12. The van der Waals surface area contributed by atoms with Gasteiger partial charge in [-0.15, -0.1) is 0 Å². The molecule has 1 atom stereocenters. The van der Waals surface area contributed by atoms with Gasteiger partial charge in [0, 0.05) is 32.1 Å². The summed E-state index contributed by atoms with van der Waals surface area (Å²) in [7, 11) is 0. The van der Waals surface area contributed by atoms with Crippen LogP contribution >= 0.6 is 0 Å². The Balaban J connectivity index is 1.38. The molecule has 1 saturated heterocycles. The first-order valence-corrected chi connectivity index (χ1v) is 11.9. The van der Waals surface area contributed by atoms with Gasteiger partial charge < -0.3 is 20.1 Å². The van der Waals surface area contributed by atoms with Gasteiger partial charge in [0.15, 0.2) is 11.3 Å². The number of halogens is 2. The van der Waals surface area contributed by atoms with Crippen molar-refractivity contribution in [3.05, 3.63) is 35.9 Å². The molecule has 188 valence electrons. The number of ether oxygens (including phenoxy) is 1. The molecular formula is C23H29F2N7O3. The number of alkyl halides is 2. The van der Waals surface area contributed by atoms with Gasteiger partial charge in [-0.2, -0.15) is 10.2 Å². The number of aliphatic hydroxyl groups is 1. The van der Waals surface area contributed by atoms with Crippen LogP contribution in [0.3, 0.4) is 0 Å². The summed E-state index contributed by atoms with van der Waals surface area (Å²) in [6.45, 7) is 4.07. The summed E-state index contributed by atoms with van der Waals surface area (Å²) < 4.78 is 36.1. The maximum Gasteiger partial charge on any atom is 0.284 e. The molecule has 4 heterocycles. The van der Waals surface area contributed by atoms with Crippen molar-refractivity contribution in [2.75, 3.05) is 36.5 Å². The molecule has 35 heavy (non-hydrogen) atoms. The van der Waals surface area contributed by atoms with Crippen molar-refractivity contribution < 1.29 is 23.4 Å². The summed E-state index contributed by atoms with van der Waals surface area (Å²) in [6.07, 6.45) is 4.91. The maximum atomic E-state index is 13.8. The summed E-state index contributed by atoms with van der Waals surface area (Å²) in [6, 6.07) is 1.78. The van der Waals surface area contributed by atoms with E-state index < -0.39 is 18.0 Å². The van der Waals surface area contributed by atoms with Crippen LogP contribution in [-0.4, -0.2) is 67.8 Å². The Bertz CT molecular complexity index is 1190. The molecule has 2 fully saturated rings. The van der Waals surface area contributed by atoms with Gasteiger partial charge in [-0.3, -0.25) is 9.48 Å². The van der Waals surface area contributed by atoms with Crippen LogP contribution in [0.25, 0.3) is 5.65 Å². The number of hydrogen-bond acceptors (Lipinski definition) is 7. The topological polar surface area (TPSA) is 110 Å². The lowest BCUT2D eigenvalue weighted by atomic mass is 9.87. The highest BCUT2D eigenvalue weighted by molar-refractivity contribution is 6.08. The van der Waals surface area contributed by atoms with Gasteiger partial charge in [0.05, 0.1) is 30.6 Å². The first kappa shape index (κ1) is 23.6. The third kappa shape index (κ3) is 4.85. The zero-order chi connectivity index (χ0) is 24.5. The Labute approximate surface area is 200 Å². The van der Waals surface area contributed by atoms with E-state index in [0.29, 0.717) is 31.2 Å². The number of aliphatic hydroxyl groups excluding tert-OH is 1. The van der Waals surface area contributed by atoms with Crippen molar-refractivity contribution in [1.29, 1.82) is 0 Å². The number of carbonyl (C=O) groups is 1. The normalized spacial score (nSPS) is 23.2. The number of nitrogens with one attached hydrogen (secondary N) is 1. The molecule has 0 bridgehead atoms. The lowest BCUT2D eigenvalue weighted by molar-refractivity contribution is 0.0529. The number of nitrogens with zero attached hydrogens (tertiary/aromatic N) is 6. The van der Waals surface area contributed by atoms with Crippen LogP contribution in [0.15, 0.2) is 24.7 Å². The summed E-state index contributed by atoms with van der Waals surface area (Å²) in [5.74, 6) is 0.358. The van der Waals surface area contributed by atoms with Gasteiger partial charge in [-0.1, -0.05) is 0 Å². The smallest absolute Gasteiger partial charge is 0.284 e. The molecule has 0 spiro atoms. The molecular weight excluding hydrogens is 460 g/mol. The zero-order valence-corrected chi connectivity index (χ0v) is 19.5. The molecule has 3 aromatic heterocycles. The second-order valence-corrected chi connectivity index (χ2v) is 9.26. The minimum Gasteiger partial charge on any atom is -0.396 e. The van der Waals surface area contributed by atoms with Crippen LogP contribution < -0.4 is 10.2 Å². The number of anilines is 2. The standard InChI is InChI=1S/C23H29F2N7O3/c1-14-11-30(8-9-35-14)19-6-7-31-22(28-19)17(10-26-31)23(34)27-18-12-32(29-20(18)21(24)25)16-4-2-15(13-33)3-5-16/h6-7,10,12,14-16,21,33H,2-5,8-9,11,13H2,1H3,(H,27,34)/t14-,15-,16-/m1/s1. The fraction of sp³-hybridized carbons (Fsp3) is 0.565. The van der Waals surface area contributed by atoms with Crippen LogP contribution in [-0.2, 0) is 4.74 Å². The van der Waals surface area contributed by atoms with E-state index in [0.717, 1.165) is 25.7 Å². The molecule has 0 unspecified atom stereocenters. The third-order valence-corrected chi connectivity index (χ3v) is 6.83. The number of morpholine rings is 1. The second-order valence-electron chi connectivity index (χ2n) is 9.26. The first-order valence-electron chi connectivity index (χ1n) is 11.9. The van der Waals surface area contributed by atoms with E-state index in [1.807, 2.05) is 13.0 Å². The van der Waals surface area contributed by atoms with Crippen LogP contribution in [0.1, 0.15) is 61.1 Å². The van der Waals surface area contributed by atoms with E-state index in [-0.39, 0.29) is 35.9 Å². The van der Waals surface area contributed by atoms with Crippen LogP contribution in [0.5, 0.6) is 0 Å². The number of aromatic nitrogens is 5. The Morgan fingerprint density at radius 2 is 2.11 bits per heavy atom. The Morgan fingerprint density at radius 3 is 2.83 bits per heavy atom. The summed E-state index contributed by atoms with van der Waals surface area (Å²) in [5.41, 5.74) is 0.0406. The number of rotatable bonds is 6. The van der Waals surface area contributed by atoms with Crippen molar-refractivity contribution in [2.24, 2.45) is 5.92 Å². The predicted molar refractivity (Wildman–Crippen MR) is 124 cm³/mol. The van der Waals surface area contributed by atoms with E-state index in [1.165, 1.54) is 21.6 Å². The van der Waals surface area contributed by atoms with E-state index in [1.54, 1.807) is 6.20 Å². The number of carbonyl (C=O) groups excluding carboxylic acids is 1. The Morgan fingerprint density at radius 1 is 1.31 bits per heavy atom. The van der Waals surface area contributed by atoms with Gasteiger partial charge in [0.1, 0.15) is 11.4 Å². The molecule has 2 N–H and O–H groups in total. The molecule has 3 aromatic rings. The molecule has 1 aliphatic carbocycles.